The number of hydrogen-bond acceptors (Lipinski definition) is 5. The summed E-state index contributed by atoms with van der Waals surface area (Å²) in [5.74, 6) is 0.937. The van der Waals surface area contributed by atoms with Crippen molar-refractivity contribution in [3.63, 3.8) is 0 Å². The Kier molecular flexibility index (Phi) is 4.79. The summed E-state index contributed by atoms with van der Waals surface area (Å²) in [4.78, 5) is 27.6. The highest BCUT2D eigenvalue weighted by atomic mass is 16.1. The first-order valence-electron chi connectivity index (χ1n) is 8.88. The normalized spacial score (nSPS) is 15.3. The van der Waals surface area contributed by atoms with Crippen molar-refractivity contribution in [3.8, 4) is 11.3 Å². The van der Waals surface area contributed by atoms with E-state index in [-0.39, 0.29) is 0 Å². The molecule has 2 N–H and O–H groups in total. The van der Waals surface area contributed by atoms with E-state index in [9.17, 15) is 4.79 Å². The van der Waals surface area contributed by atoms with Gasteiger partial charge in [-0.25, -0.2) is 4.98 Å². The largest absolute Gasteiger partial charge is 0.361 e. The quantitative estimate of drug-likeness (QED) is 0.520. The van der Waals surface area contributed by atoms with Crippen LogP contribution in [0.15, 0.2) is 42.9 Å². The number of rotatable bonds is 6. The molecule has 0 unspecified atom stereocenters. The van der Waals surface area contributed by atoms with Gasteiger partial charge in [0.05, 0.1) is 0 Å². The van der Waals surface area contributed by atoms with Crippen LogP contribution in [0.2, 0.25) is 0 Å². The van der Waals surface area contributed by atoms with Gasteiger partial charge in [-0.1, -0.05) is 12.1 Å². The number of nitrogens with one attached hydrogen (secondary N) is 2. The van der Waals surface area contributed by atoms with E-state index < -0.39 is 0 Å². The Bertz CT molecular complexity index is 884. The lowest BCUT2D eigenvalue weighted by Gasteiger charge is -2.35. The van der Waals surface area contributed by atoms with Gasteiger partial charge >= 0.3 is 0 Å². The van der Waals surface area contributed by atoms with Crippen molar-refractivity contribution in [3.05, 3.63) is 42.9 Å². The zero-order valence-corrected chi connectivity index (χ0v) is 14.6. The van der Waals surface area contributed by atoms with Gasteiger partial charge in [0, 0.05) is 74.3 Å². The van der Waals surface area contributed by atoms with E-state index in [0.29, 0.717) is 6.54 Å². The van der Waals surface area contributed by atoms with Crippen LogP contribution in [0, 0.1) is 0 Å². The molecular formula is C19H22N6O. The Labute approximate surface area is 152 Å². The number of nitrogens with zero attached hydrogens (tertiary/aromatic N) is 4. The molecule has 1 fully saturated rings. The molecule has 1 aromatic carbocycles. The molecule has 1 saturated heterocycles. The van der Waals surface area contributed by atoms with Crippen LogP contribution < -0.4 is 10.2 Å². The number of aromatic nitrogens is 3. The fraction of sp³-hybridized carbons (Fsp3) is 0.316. The SMILES string of the molecule is O=CNCCN1CCN(c2nccnc2-c2cccc3[nH]ccc23)CC1. The van der Waals surface area contributed by atoms with Crippen molar-refractivity contribution < 1.29 is 4.79 Å². The summed E-state index contributed by atoms with van der Waals surface area (Å²) in [6, 6.07) is 8.30. The summed E-state index contributed by atoms with van der Waals surface area (Å²) < 4.78 is 0. The maximum absolute atomic E-state index is 10.4. The van der Waals surface area contributed by atoms with Gasteiger partial charge in [-0.05, 0) is 12.1 Å². The standard InChI is InChI=1S/C19H22N6O/c26-14-20-8-9-24-10-12-25(13-11-24)19-18(22-6-7-23-19)16-2-1-3-17-15(16)4-5-21-17/h1-7,14,21H,8-13H2,(H,20,26). The molecule has 1 aliphatic rings. The molecule has 3 aromatic rings. The van der Waals surface area contributed by atoms with Gasteiger partial charge in [0.15, 0.2) is 5.82 Å². The Morgan fingerprint density at radius 3 is 2.81 bits per heavy atom. The average Bonchev–Trinajstić information content (AvgIpc) is 3.18. The van der Waals surface area contributed by atoms with E-state index >= 15 is 0 Å². The van der Waals surface area contributed by atoms with E-state index in [0.717, 1.165) is 67.1 Å². The number of carbonyl (C=O) groups excluding carboxylic acids is 1. The zero-order valence-electron chi connectivity index (χ0n) is 14.6. The van der Waals surface area contributed by atoms with E-state index in [1.54, 1.807) is 12.4 Å². The van der Waals surface area contributed by atoms with Gasteiger partial charge in [0.1, 0.15) is 5.69 Å². The molecule has 0 bridgehead atoms. The predicted molar refractivity (Wildman–Crippen MR) is 102 cm³/mol. The Balaban J connectivity index is 1.56. The summed E-state index contributed by atoms with van der Waals surface area (Å²) in [6.45, 7) is 5.26. The molecule has 0 radical (unpaired) electrons. The minimum Gasteiger partial charge on any atom is -0.361 e. The maximum atomic E-state index is 10.4. The van der Waals surface area contributed by atoms with E-state index in [4.69, 9.17) is 0 Å². The second-order valence-electron chi connectivity index (χ2n) is 6.37. The minimum atomic E-state index is 0.690. The molecule has 0 aliphatic carbocycles. The van der Waals surface area contributed by atoms with E-state index in [2.05, 4.69) is 48.3 Å². The van der Waals surface area contributed by atoms with Gasteiger partial charge in [0.25, 0.3) is 0 Å². The summed E-state index contributed by atoms with van der Waals surface area (Å²) >= 11 is 0. The number of fused-ring (bicyclic) bond motifs is 1. The number of H-pyrrole nitrogens is 1. The van der Waals surface area contributed by atoms with Crippen LogP contribution in [0.4, 0.5) is 5.82 Å². The van der Waals surface area contributed by atoms with Crippen LogP contribution in [0.3, 0.4) is 0 Å². The van der Waals surface area contributed by atoms with Gasteiger partial charge in [-0.15, -0.1) is 0 Å². The molecule has 0 saturated carbocycles. The summed E-state index contributed by atoms with van der Waals surface area (Å²) in [6.07, 6.45) is 6.22. The second-order valence-corrected chi connectivity index (χ2v) is 6.37. The number of aromatic amines is 1. The maximum Gasteiger partial charge on any atom is 0.207 e. The first-order valence-corrected chi connectivity index (χ1v) is 8.88. The number of hydrogen-bond donors (Lipinski definition) is 2. The van der Waals surface area contributed by atoms with Gasteiger partial charge < -0.3 is 15.2 Å². The average molecular weight is 350 g/mol. The highest BCUT2D eigenvalue weighted by Crippen LogP contribution is 2.32. The molecule has 7 heteroatoms. The lowest BCUT2D eigenvalue weighted by atomic mass is 10.1. The van der Waals surface area contributed by atoms with Crippen molar-refractivity contribution in [1.29, 1.82) is 0 Å². The lowest BCUT2D eigenvalue weighted by Crippen LogP contribution is -2.48. The van der Waals surface area contributed by atoms with Crippen molar-refractivity contribution >= 4 is 23.1 Å². The Morgan fingerprint density at radius 2 is 1.96 bits per heavy atom. The summed E-state index contributed by atoms with van der Waals surface area (Å²) in [5.41, 5.74) is 3.13. The molecular weight excluding hydrogens is 328 g/mol. The molecule has 4 rings (SSSR count). The van der Waals surface area contributed by atoms with Crippen LogP contribution in [0.25, 0.3) is 22.2 Å². The molecule has 3 heterocycles. The molecule has 26 heavy (non-hydrogen) atoms. The van der Waals surface area contributed by atoms with Gasteiger partial charge in [0.2, 0.25) is 6.41 Å². The summed E-state index contributed by atoms with van der Waals surface area (Å²) in [7, 11) is 0. The minimum absolute atomic E-state index is 0.690. The summed E-state index contributed by atoms with van der Waals surface area (Å²) in [5, 5.41) is 3.88. The predicted octanol–water partition coefficient (Wildman–Crippen LogP) is 1.49. The number of benzene rings is 1. The van der Waals surface area contributed by atoms with Crippen molar-refractivity contribution in [2.45, 2.75) is 0 Å². The van der Waals surface area contributed by atoms with Crippen molar-refractivity contribution in [2.24, 2.45) is 0 Å². The number of amides is 1. The van der Waals surface area contributed by atoms with Crippen LogP contribution in [-0.4, -0.2) is 65.5 Å². The number of carbonyl (C=O) groups is 1. The van der Waals surface area contributed by atoms with E-state index in [1.807, 2.05) is 12.3 Å². The van der Waals surface area contributed by atoms with Crippen LogP contribution >= 0.6 is 0 Å². The Hall–Kier alpha value is -2.93. The smallest absolute Gasteiger partial charge is 0.207 e. The van der Waals surface area contributed by atoms with Crippen molar-refractivity contribution in [2.75, 3.05) is 44.2 Å². The third kappa shape index (κ3) is 3.25. The monoisotopic (exact) mass is 350 g/mol. The molecule has 1 aliphatic heterocycles. The van der Waals surface area contributed by atoms with E-state index in [1.165, 1.54) is 0 Å². The highest BCUT2D eigenvalue weighted by Gasteiger charge is 2.22. The van der Waals surface area contributed by atoms with Crippen LogP contribution in [-0.2, 0) is 4.79 Å². The van der Waals surface area contributed by atoms with Crippen LogP contribution in [0.5, 0.6) is 0 Å². The second kappa shape index (κ2) is 7.53. The fourth-order valence-electron chi connectivity index (χ4n) is 3.51. The third-order valence-electron chi connectivity index (χ3n) is 4.86. The number of piperazine rings is 1. The molecule has 0 spiro atoms. The lowest BCUT2D eigenvalue weighted by molar-refractivity contribution is -0.109. The number of anilines is 1. The fourth-order valence-corrected chi connectivity index (χ4v) is 3.51. The highest BCUT2D eigenvalue weighted by molar-refractivity contribution is 5.96. The first kappa shape index (κ1) is 16.5. The first-order chi connectivity index (χ1) is 12.9. The van der Waals surface area contributed by atoms with Gasteiger partial charge in [-0.2, -0.15) is 0 Å². The van der Waals surface area contributed by atoms with Gasteiger partial charge in [-0.3, -0.25) is 14.7 Å². The third-order valence-corrected chi connectivity index (χ3v) is 4.86. The molecule has 0 atom stereocenters. The van der Waals surface area contributed by atoms with Crippen molar-refractivity contribution in [1.82, 2.24) is 25.2 Å². The molecule has 1 amide bonds. The van der Waals surface area contributed by atoms with Crippen LogP contribution in [0.1, 0.15) is 0 Å². The Morgan fingerprint density at radius 1 is 1.12 bits per heavy atom. The molecule has 2 aromatic heterocycles. The zero-order chi connectivity index (χ0) is 17.8. The molecule has 7 nitrogen and oxygen atoms in total. The molecule has 134 valence electrons. The topological polar surface area (TPSA) is 77.2 Å².